The number of amides is 1. The molecule has 8 heteroatoms. The van der Waals surface area contributed by atoms with E-state index < -0.39 is 6.04 Å². The van der Waals surface area contributed by atoms with E-state index >= 15 is 0 Å². The van der Waals surface area contributed by atoms with Crippen molar-refractivity contribution in [3.05, 3.63) is 121 Å². The van der Waals surface area contributed by atoms with Gasteiger partial charge in [-0.25, -0.2) is 4.99 Å². The maximum atomic E-state index is 13.7. The van der Waals surface area contributed by atoms with Gasteiger partial charge in [0, 0.05) is 18.1 Å². The number of carbonyl (C=O) groups is 1. The monoisotopic (exact) mass is 496 g/mol. The number of allylic oxidation sites excluding steroid dienone is 1. The third kappa shape index (κ3) is 4.63. The van der Waals surface area contributed by atoms with E-state index in [0.717, 1.165) is 16.9 Å². The first kappa shape index (κ1) is 23.4. The van der Waals surface area contributed by atoms with Gasteiger partial charge in [0.1, 0.15) is 5.75 Å². The summed E-state index contributed by atoms with van der Waals surface area (Å²) in [7, 11) is 0. The fourth-order valence-electron chi connectivity index (χ4n) is 4.17. The van der Waals surface area contributed by atoms with Gasteiger partial charge in [0.05, 0.1) is 28.5 Å². The molecule has 1 aliphatic heterocycles. The topological polar surface area (TPSA) is 85.6 Å². The highest BCUT2D eigenvalue weighted by molar-refractivity contribution is 7.07. The van der Waals surface area contributed by atoms with Crippen molar-refractivity contribution in [3.63, 3.8) is 0 Å². The largest absolute Gasteiger partial charge is 0.494 e. The summed E-state index contributed by atoms with van der Waals surface area (Å²) in [6.07, 6.45) is 5.19. The standard InChI is InChI=1S/C28H24N4O3S/c1-3-35-22-13-11-20(12-14-22)25-24(26(33)31-21-9-5-4-6-10-21)18(2)30-28-32(25)27(34)23(36-28)16-19-8-7-15-29-17-19/h4-17,25H,3H2,1-2H3,(H,31,33)/b23-16-/t25-/m0/s1. The van der Waals surface area contributed by atoms with Gasteiger partial charge in [-0.05, 0) is 61.4 Å². The number of para-hydroxylation sites is 1. The second kappa shape index (κ2) is 10.1. The van der Waals surface area contributed by atoms with Gasteiger partial charge in [-0.1, -0.05) is 47.7 Å². The Bertz CT molecular complexity index is 1610. The van der Waals surface area contributed by atoms with Gasteiger partial charge in [0.15, 0.2) is 4.80 Å². The smallest absolute Gasteiger partial charge is 0.271 e. The Morgan fingerprint density at radius 3 is 2.58 bits per heavy atom. The number of ether oxygens (including phenoxy) is 1. The summed E-state index contributed by atoms with van der Waals surface area (Å²) in [5.41, 5.74) is 3.05. The molecule has 0 bridgehead atoms. The maximum Gasteiger partial charge on any atom is 0.271 e. The summed E-state index contributed by atoms with van der Waals surface area (Å²) in [5, 5.41) is 2.96. The zero-order valence-electron chi connectivity index (χ0n) is 19.8. The lowest BCUT2D eigenvalue weighted by atomic mass is 9.95. The molecule has 0 aliphatic carbocycles. The number of hydrogen-bond acceptors (Lipinski definition) is 6. The van der Waals surface area contributed by atoms with Crippen molar-refractivity contribution in [1.29, 1.82) is 0 Å². The van der Waals surface area contributed by atoms with E-state index in [1.54, 1.807) is 30.0 Å². The number of aromatic nitrogens is 2. The van der Waals surface area contributed by atoms with Crippen molar-refractivity contribution in [2.45, 2.75) is 19.9 Å². The first-order valence-corrected chi connectivity index (χ1v) is 12.4. The van der Waals surface area contributed by atoms with Crippen molar-refractivity contribution in [1.82, 2.24) is 9.55 Å². The first-order valence-electron chi connectivity index (χ1n) is 11.6. The van der Waals surface area contributed by atoms with Gasteiger partial charge in [-0.15, -0.1) is 0 Å². The quantitative estimate of drug-likeness (QED) is 0.441. The van der Waals surface area contributed by atoms with Gasteiger partial charge < -0.3 is 10.1 Å². The molecule has 7 nitrogen and oxygen atoms in total. The minimum absolute atomic E-state index is 0.209. The SMILES string of the molecule is CCOc1ccc([C@H]2C(C(=O)Nc3ccccc3)=C(C)N=c3s/c(=C\c4cccnc4)c(=O)n32)cc1. The Hall–Kier alpha value is -4.30. The summed E-state index contributed by atoms with van der Waals surface area (Å²) >= 11 is 1.30. The van der Waals surface area contributed by atoms with Crippen molar-refractivity contribution in [2.24, 2.45) is 4.99 Å². The number of anilines is 1. The molecule has 2 aromatic carbocycles. The number of nitrogens with zero attached hydrogens (tertiary/aromatic N) is 3. The Labute approximate surface area is 211 Å². The fourth-order valence-corrected chi connectivity index (χ4v) is 5.22. The van der Waals surface area contributed by atoms with Crippen LogP contribution in [0, 0.1) is 0 Å². The van der Waals surface area contributed by atoms with Crippen molar-refractivity contribution < 1.29 is 9.53 Å². The molecule has 1 aliphatic rings. The molecule has 0 spiro atoms. The Balaban J connectivity index is 1.66. The van der Waals surface area contributed by atoms with Crippen LogP contribution in [0.5, 0.6) is 5.75 Å². The highest BCUT2D eigenvalue weighted by atomic mass is 32.1. The highest BCUT2D eigenvalue weighted by Crippen LogP contribution is 2.31. The van der Waals surface area contributed by atoms with Crippen LogP contribution in [0.25, 0.3) is 6.08 Å². The molecular formula is C28H24N4O3S. The van der Waals surface area contributed by atoms with Crippen LogP contribution in [-0.2, 0) is 4.79 Å². The lowest BCUT2D eigenvalue weighted by Crippen LogP contribution is -2.40. The van der Waals surface area contributed by atoms with E-state index in [9.17, 15) is 9.59 Å². The second-order valence-electron chi connectivity index (χ2n) is 8.19. The summed E-state index contributed by atoms with van der Waals surface area (Å²) in [6.45, 7) is 4.28. The molecule has 0 saturated carbocycles. The molecule has 2 aromatic heterocycles. The number of fused-ring (bicyclic) bond motifs is 1. The molecule has 180 valence electrons. The molecule has 1 N–H and O–H groups in total. The average Bonchev–Trinajstić information content (AvgIpc) is 3.19. The minimum atomic E-state index is -0.642. The molecule has 0 fully saturated rings. The van der Waals surface area contributed by atoms with Crippen LogP contribution in [0.2, 0.25) is 0 Å². The fraction of sp³-hybridized carbons (Fsp3) is 0.143. The lowest BCUT2D eigenvalue weighted by molar-refractivity contribution is -0.113. The zero-order valence-corrected chi connectivity index (χ0v) is 20.7. The third-order valence-corrected chi connectivity index (χ3v) is 6.77. The Morgan fingerprint density at radius 2 is 1.89 bits per heavy atom. The van der Waals surface area contributed by atoms with E-state index in [-0.39, 0.29) is 11.5 Å². The zero-order chi connectivity index (χ0) is 25.1. The first-order chi connectivity index (χ1) is 17.5. The number of carbonyl (C=O) groups excluding carboxylic acids is 1. The molecule has 0 unspecified atom stereocenters. The van der Waals surface area contributed by atoms with Crippen LogP contribution >= 0.6 is 11.3 Å². The van der Waals surface area contributed by atoms with E-state index in [2.05, 4.69) is 15.3 Å². The van der Waals surface area contributed by atoms with Crippen molar-refractivity contribution >= 4 is 29.0 Å². The van der Waals surface area contributed by atoms with Gasteiger partial charge in [0.25, 0.3) is 11.5 Å². The number of hydrogen-bond donors (Lipinski definition) is 1. The molecule has 1 atom stereocenters. The van der Waals surface area contributed by atoms with Crippen molar-refractivity contribution in [2.75, 3.05) is 11.9 Å². The third-order valence-electron chi connectivity index (χ3n) is 5.79. The van der Waals surface area contributed by atoms with E-state index in [4.69, 9.17) is 4.74 Å². The highest BCUT2D eigenvalue weighted by Gasteiger charge is 2.32. The Kier molecular flexibility index (Phi) is 6.60. The number of pyridine rings is 1. The van der Waals surface area contributed by atoms with Crippen LogP contribution < -0.4 is 24.9 Å². The molecule has 3 heterocycles. The van der Waals surface area contributed by atoms with Crippen LogP contribution in [-0.4, -0.2) is 22.1 Å². The minimum Gasteiger partial charge on any atom is -0.494 e. The normalized spacial score (nSPS) is 15.3. The molecule has 1 amide bonds. The van der Waals surface area contributed by atoms with Gasteiger partial charge in [-0.3, -0.25) is 19.1 Å². The maximum absolute atomic E-state index is 13.7. The predicted octanol–water partition coefficient (Wildman–Crippen LogP) is 3.67. The van der Waals surface area contributed by atoms with E-state index in [1.807, 2.05) is 73.7 Å². The average molecular weight is 497 g/mol. The van der Waals surface area contributed by atoms with Crippen molar-refractivity contribution in [3.8, 4) is 5.75 Å². The summed E-state index contributed by atoms with van der Waals surface area (Å²) < 4.78 is 7.73. The number of thiazole rings is 1. The van der Waals surface area contributed by atoms with Crippen LogP contribution in [0.1, 0.15) is 31.0 Å². The molecule has 0 radical (unpaired) electrons. The molecule has 5 rings (SSSR count). The summed E-state index contributed by atoms with van der Waals surface area (Å²) in [4.78, 5) is 36.6. The number of nitrogens with one attached hydrogen (secondary N) is 1. The molecule has 36 heavy (non-hydrogen) atoms. The summed E-state index contributed by atoms with van der Waals surface area (Å²) in [5.74, 6) is 0.420. The molecule has 0 saturated heterocycles. The predicted molar refractivity (Wildman–Crippen MR) is 141 cm³/mol. The summed E-state index contributed by atoms with van der Waals surface area (Å²) in [6, 6.07) is 19.8. The van der Waals surface area contributed by atoms with Gasteiger partial charge >= 0.3 is 0 Å². The van der Waals surface area contributed by atoms with Gasteiger partial charge in [-0.2, -0.15) is 0 Å². The van der Waals surface area contributed by atoms with E-state index in [0.29, 0.717) is 32.9 Å². The molecule has 4 aromatic rings. The number of benzene rings is 2. The van der Waals surface area contributed by atoms with Gasteiger partial charge in [0.2, 0.25) is 0 Å². The Morgan fingerprint density at radius 1 is 1.11 bits per heavy atom. The van der Waals surface area contributed by atoms with Crippen LogP contribution in [0.15, 0.2) is 100 Å². The van der Waals surface area contributed by atoms with Crippen LogP contribution in [0.4, 0.5) is 5.69 Å². The second-order valence-corrected chi connectivity index (χ2v) is 9.20. The van der Waals surface area contributed by atoms with Crippen LogP contribution in [0.3, 0.4) is 0 Å². The molecular weight excluding hydrogens is 472 g/mol. The number of rotatable bonds is 6. The lowest BCUT2D eigenvalue weighted by Gasteiger charge is -2.25. The van der Waals surface area contributed by atoms with E-state index in [1.165, 1.54) is 11.3 Å².